The number of aromatic nitrogens is 4. The lowest BCUT2D eigenvalue weighted by molar-refractivity contribution is 0.100. The molecule has 0 aliphatic carbocycles. The lowest BCUT2D eigenvalue weighted by Crippen LogP contribution is -2.07. The van der Waals surface area contributed by atoms with Crippen molar-refractivity contribution in [2.24, 2.45) is 0 Å². The van der Waals surface area contributed by atoms with Gasteiger partial charge >= 0.3 is 0 Å². The number of aryl methyl sites for hydroxylation is 1. The fourth-order valence-corrected chi connectivity index (χ4v) is 1.34. The highest BCUT2D eigenvalue weighted by Crippen LogP contribution is 2.10. The monoisotopic (exact) mass is 202 g/mol. The van der Waals surface area contributed by atoms with Crippen LogP contribution >= 0.6 is 0 Å². The van der Waals surface area contributed by atoms with Crippen molar-refractivity contribution in [3.8, 4) is 5.69 Å². The number of Topliss-reactive ketones (excluding diaryl/α,β-unsaturated/α-hetero) is 1. The molecule has 0 aliphatic rings. The maximum atomic E-state index is 11.2. The first kappa shape index (κ1) is 9.51. The van der Waals surface area contributed by atoms with E-state index in [0.29, 0.717) is 0 Å². The van der Waals surface area contributed by atoms with Crippen molar-refractivity contribution in [2.75, 3.05) is 0 Å². The summed E-state index contributed by atoms with van der Waals surface area (Å²) in [5, 5.41) is 10.9. The minimum Gasteiger partial charge on any atom is -0.291 e. The van der Waals surface area contributed by atoms with E-state index in [2.05, 4.69) is 15.5 Å². The molecule has 0 atom stereocenters. The Hall–Kier alpha value is -2.04. The smallest absolute Gasteiger partial charge is 0.222 e. The summed E-state index contributed by atoms with van der Waals surface area (Å²) in [7, 11) is 0. The number of hydrogen-bond acceptors (Lipinski definition) is 4. The van der Waals surface area contributed by atoms with E-state index >= 15 is 0 Å². The van der Waals surface area contributed by atoms with E-state index in [-0.39, 0.29) is 11.6 Å². The summed E-state index contributed by atoms with van der Waals surface area (Å²) in [6, 6.07) is 7.65. The highest BCUT2D eigenvalue weighted by atomic mass is 16.1. The normalized spacial score (nSPS) is 10.3. The van der Waals surface area contributed by atoms with Gasteiger partial charge < -0.3 is 0 Å². The first-order valence-corrected chi connectivity index (χ1v) is 4.55. The van der Waals surface area contributed by atoms with Crippen LogP contribution in [0.2, 0.25) is 0 Å². The molecule has 0 amide bonds. The molecular formula is C10H10N4O. The van der Waals surface area contributed by atoms with Gasteiger partial charge in [-0.05, 0) is 35.0 Å². The van der Waals surface area contributed by atoms with Crippen LogP contribution in [0.4, 0.5) is 0 Å². The summed E-state index contributed by atoms with van der Waals surface area (Å²) in [5.74, 6) is 0.0992. The third kappa shape index (κ3) is 1.76. The maximum Gasteiger partial charge on any atom is 0.222 e. The summed E-state index contributed by atoms with van der Waals surface area (Å²) in [4.78, 5) is 11.2. The van der Waals surface area contributed by atoms with Crippen molar-refractivity contribution in [1.82, 2.24) is 20.2 Å². The Morgan fingerprint density at radius 3 is 2.87 bits per heavy atom. The Labute approximate surface area is 86.7 Å². The summed E-state index contributed by atoms with van der Waals surface area (Å²) in [6.45, 7) is 3.42. The molecule has 5 nitrogen and oxygen atoms in total. The van der Waals surface area contributed by atoms with Crippen molar-refractivity contribution in [1.29, 1.82) is 0 Å². The molecule has 76 valence electrons. The molecule has 2 aromatic rings. The molecule has 5 heteroatoms. The van der Waals surface area contributed by atoms with Crippen molar-refractivity contribution < 1.29 is 4.79 Å². The zero-order valence-electron chi connectivity index (χ0n) is 8.51. The Bertz CT molecular complexity index is 504. The molecule has 0 bridgehead atoms. The fraction of sp³-hybridized carbons (Fsp3) is 0.200. The number of nitrogens with zero attached hydrogens (tertiary/aromatic N) is 4. The van der Waals surface area contributed by atoms with Gasteiger partial charge in [-0.1, -0.05) is 12.1 Å². The number of carbonyl (C=O) groups is 1. The Kier molecular flexibility index (Phi) is 2.29. The van der Waals surface area contributed by atoms with Crippen LogP contribution in [0.15, 0.2) is 24.3 Å². The number of rotatable bonds is 2. The van der Waals surface area contributed by atoms with Gasteiger partial charge in [0, 0.05) is 6.92 Å². The van der Waals surface area contributed by atoms with E-state index in [9.17, 15) is 4.79 Å². The van der Waals surface area contributed by atoms with Crippen LogP contribution in [0.25, 0.3) is 5.69 Å². The van der Waals surface area contributed by atoms with Crippen LogP contribution in [0.5, 0.6) is 0 Å². The first-order valence-electron chi connectivity index (χ1n) is 4.55. The van der Waals surface area contributed by atoms with Gasteiger partial charge in [-0.3, -0.25) is 4.79 Å². The highest BCUT2D eigenvalue weighted by Gasteiger charge is 2.11. The third-order valence-electron chi connectivity index (χ3n) is 2.03. The summed E-state index contributed by atoms with van der Waals surface area (Å²) in [6.07, 6.45) is 0. The van der Waals surface area contributed by atoms with E-state index in [1.807, 2.05) is 31.2 Å². The fourth-order valence-electron chi connectivity index (χ4n) is 1.34. The van der Waals surface area contributed by atoms with Crippen LogP contribution in [-0.4, -0.2) is 26.0 Å². The molecule has 0 saturated heterocycles. The Morgan fingerprint density at radius 2 is 2.20 bits per heavy atom. The molecule has 1 heterocycles. The molecule has 0 unspecified atom stereocenters. The van der Waals surface area contributed by atoms with E-state index in [4.69, 9.17) is 0 Å². The summed E-state index contributed by atoms with van der Waals surface area (Å²) >= 11 is 0. The van der Waals surface area contributed by atoms with Gasteiger partial charge in [0.1, 0.15) is 0 Å². The molecule has 0 spiro atoms. The van der Waals surface area contributed by atoms with E-state index in [1.54, 1.807) is 0 Å². The zero-order chi connectivity index (χ0) is 10.8. The van der Waals surface area contributed by atoms with E-state index < -0.39 is 0 Å². The largest absolute Gasteiger partial charge is 0.291 e. The minimum atomic E-state index is -0.151. The zero-order valence-corrected chi connectivity index (χ0v) is 8.51. The molecule has 2 rings (SSSR count). The SMILES string of the molecule is CC(=O)c1nnnn1-c1cccc(C)c1. The molecule has 1 aromatic carbocycles. The number of benzene rings is 1. The van der Waals surface area contributed by atoms with Gasteiger partial charge in [0.25, 0.3) is 0 Å². The Morgan fingerprint density at radius 1 is 1.40 bits per heavy atom. The van der Waals surface area contributed by atoms with Crippen molar-refractivity contribution in [3.05, 3.63) is 35.7 Å². The second kappa shape index (κ2) is 3.61. The molecule has 0 radical (unpaired) electrons. The molecule has 0 saturated carbocycles. The van der Waals surface area contributed by atoms with Crippen molar-refractivity contribution in [2.45, 2.75) is 13.8 Å². The highest BCUT2D eigenvalue weighted by molar-refractivity contribution is 5.90. The lowest BCUT2D eigenvalue weighted by Gasteiger charge is -2.02. The number of ketones is 1. The maximum absolute atomic E-state index is 11.2. The minimum absolute atomic E-state index is 0.151. The molecule has 1 aromatic heterocycles. The molecule has 0 fully saturated rings. The van der Waals surface area contributed by atoms with Crippen LogP contribution in [0, 0.1) is 6.92 Å². The average molecular weight is 202 g/mol. The third-order valence-corrected chi connectivity index (χ3v) is 2.03. The second-order valence-electron chi connectivity index (χ2n) is 3.31. The molecule has 15 heavy (non-hydrogen) atoms. The standard InChI is InChI=1S/C10H10N4O/c1-7-4-3-5-9(6-7)14-10(8(2)15)11-12-13-14/h3-6H,1-2H3. The number of tetrazole rings is 1. The molecule has 0 N–H and O–H groups in total. The molecule has 0 aliphatic heterocycles. The number of carbonyl (C=O) groups excluding carboxylic acids is 1. The lowest BCUT2D eigenvalue weighted by atomic mass is 10.2. The average Bonchev–Trinajstić information content (AvgIpc) is 2.65. The van der Waals surface area contributed by atoms with Crippen LogP contribution in [0.3, 0.4) is 0 Å². The summed E-state index contributed by atoms with van der Waals surface area (Å²) < 4.78 is 1.44. The quantitative estimate of drug-likeness (QED) is 0.686. The van der Waals surface area contributed by atoms with Gasteiger partial charge in [0.05, 0.1) is 5.69 Å². The van der Waals surface area contributed by atoms with Crippen LogP contribution < -0.4 is 0 Å². The number of hydrogen-bond donors (Lipinski definition) is 0. The first-order chi connectivity index (χ1) is 7.18. The Balaban J connectivity index is 2.54. The van der Waals surface area contributed by atoms with Gasteiger partial charge in [-0.25, -0.2) is 0 Å². The van der Waals surface area contributed by atoms with E-state index in [0.717, 1.165) is 11.3 Å². The van der Waals surface area contributed by atoms with Gasteiger partial charge in [0.2, 0.25) is 5.82 Å². The predicted octanol–water partition coefficient (Wildman–Crippen LogP) is 1.17. The molecular weight excluding hydrogens is 192 g/mol. The predicted molar refractivity (Wildman–Crippen MR) is 53.9 cm³/mol. The van der Waals surface area contributed by atoms with Crippen molar-refractivity contribution >= 4 is 5.78 Å². The van der Waals surface area contributed by atoms with Gasteiger partial charge in [-0.15, -0.1) is 5.10 Å². The van der Waals surface area contributed by atoms with Gasteiger partial charge in [0.15, 0.2) is 5.78 Å². The topological polar surface area (TPSA) is 60.7 Å². The summed E-state index contributed by atoms with van der Waals surface area (Å²) in [5.41, 5.74) is 1.89. The van der Waals surface area contributed by atoms with Crippen molar-refractivity contribution in [3.63, 3.8) is 0 Å². The second-order valence-corrected chi connectivity index (χ2v) is 3.31. The van der Waals surface area contributed by atoms with E-state index in [1.165, 1.54) is 11.6 Å². The van der Waals surface area contributed by atoms with Crippen LogP contribution in [0.1, 0.15) is 23.1 Å². The van der Waals surface area contributed by atoms with Crippen LogP contribution in [-0.2, 0) is 0 Å². The van der Waals surface area contributed by atoms with Gasteiger partial charge in [-0.2, -0.15) is 4.68 Å².